The zero-order valence-corrected chi connectivity index (χ0v) is 56.8. The Morgan fingerprint density at radius 1 is 0.280 bits per heavy atom. The number of hydrogen-bond donors (Lipinski definition) is 0. The normalized spacial score (nSPS) is 12.5. The summed E-state index contributed by atoms with van der Waals surface area (Å²) in [6.07, 6.45) is 0. The van der Waals surface area contributed by atoms with E-state index in [4.69, 9.17) is 59.2 Å². The van der Waals surface area contributed by atoms with Crippen LogP contribution in [0.25, 0.3) is 102 Å². The maximum atomic E-state index is 9.04. The molecule has 0 atom stereocenters. The second-order valence-corrected chi connectivity index (χ2v) is 25.4. The molecule has 2 aromatic heterocycles. The molecule has 1 fully saturated rings. The van der Waals surface area contributed by atoms with Crippen LogP contribution in [0.1, 0.15) is 38.8 Å². The van der Waals surface area contributed by atoms with Crippen LogP contribution in [0.5, 0.6) is 23.0 Å². The fourth-order valence-electron chi connectivity index (χ4n) is 10.9. The molecule has 0 radical (unpaired) electrons. The molecule has 0 N–H and O–H groups in total. The first-order chi connectivity index (χ1) is 48.8. The molecule has 0 bridgehead atoms. The summed E-state index contributed by atoms with van der Waals surface area (Å²) in [4.78, 5) is 28.7. The third-order valence-electron chi connectivity index (χ3n) is 17.1. The molecule has 3 heterocycles. The molecule has 482 valence electrons. The van der Waals surface area contributed by atoms with Crippen molar-refractivity contribution in [1.29, 1.82) is 10.5 Å². The van der Waals surface area contributed by atoms with Gasteiger partial charge in [0, 0.05) is 37.9 Å². The monoisotopic (exact) mass is 1360 g/mol. The Balaban J connectivity index is 0.000000149. The summed E-state index contributed by atoms with van der Waals surface area (Å²) in [5.41, 5.74) is 13.7. The van der Waals surface area contributed by atoms with E-state index in [1.165, 1.54) is 0 Å². The van der Waals surface area contributed by atoms with Crippen molar-refractivity contribution in [2.75, 3.05) is 0 Å². The number of ether oxygens (including phenoxy) is 2. The number of benzene rings is 12. The Bertz CT molecular complexity index is 5020. The van der Waals surface area contributed by atoms with E-state index in [0.717, 1.165) is 93.9 Å². The molecule has 1 aliphatic heterocycles. The molecular weight excluding hydrogens is 1300 g/mol. The lowest BCUT2D eigenvalue weighted by Crippen LogP contribution is -2.41. The van der Waals surface area contributed by atoms with E-state index in [9.17, 15) is 0 Å². The maximum absolute atomic E-state index is 9.04. The fraction of sp³-hybridized carbons (Fsp3) is 0.0698. The highest BCUT2D eigenvalue weighted by atomic mass is 79.9. The summed E-state index contributed by atoms with van der Waals surface area (Å²) in [7, 11) is -0.403. The van der Waals surface area contributed by atoms with Crippen molar-refractivity contribution in [3.8, 4) is 137 Å². The van der Waals surface area contributed by atoms with E-state index < -0.39 is 7.12 Å². The van der Waals surface area contributed by atoms with Gasteiger partial charge in [0.25, 0.3) is 0 Å². The molecular formula is C86H64BBrN8O4. The van der Waals surface area contributed by atoms with E-state index in [2.05, 4.69) is 92.2 Å². The van der Waals surface area contributed by atoms with Crippen LogP contribution in [0, 0.1) is 22.7 Å². The van der Waals surface area contributed by atoms with Gasteiger partial charge in [-0.1, -0.05) is 222 Å². The van der Waals surface area contributed by atoms with Gasteiger partial charge in [0.05, 0.1) is 34.5 Å². The highest BCUT2D eigenvalue weighted by Gasteiger charge is 2.51. The molecule has 0 amide bonds. The molecule has 14 aromatic rings. The summed E-state index contributed by atoms with van der Waals surface area (Å²) < 4.78 is 25.7. The minimum atomic E-state index is -0.403. The summed E-state index contributed by atoms with van der Waals surface area (Å²) in [5, 5.41) is 17.7. The second kappa shape index (κ2) is 30.4. The molecule has 14 heteroatoms. The third-order valence-corrected chi connectivity index (χ3v) is 17.6. The highest BCUT2D eigenvalue weighted by molar-refractivity contribution is 9.10. The van der Waals surface area contributed by atoms with Crippen LogP contribution < -0.4 is 14.9 Å². The number of aromatic nitrogens is 6. The Morgan fingerprint density at radius 2 is 0.490 bits per heavy atom. The van der Waals surface area contributed by atoms with E-state index >= 15 is 0 Å². The maximum Gasteiger partial charge on any atom is 0.494 e. The minimum Gasteiger partial charge on any atom is -0.457 e. The molecule has 12 nitrogen and oxygen atoms in total. The van der Waals surface area contributed by atoms with Crippen molar-refractivity contribution in [2.45, 2.75) is 38.9 Å². The molecule has 0 saturated carbocycles. The van der Waals surface area contributed by atoms with E-state index in [-0.39, 0.29) is 11.2 Å². The van der Waals surface area contributed by atoms with Gasteiger partial charge in [-0.05, 0) is 176 Å². The molecule has 0 aliphatic carbocycles. The largest absolute Gasteiger partial charge is 0.494 e. The standard InChI is InChI=1S/C40H26N4O.C33H30BN3O3.C13H8BrN/c41-27-28-11-13-29(14-12-28)30-15-17-31(18-16-30)32-19-23-36(24-20-32)45-37-25-21-35(22-26-37)40-43-38(33-7-3-1-4-8-33)42-39(44-40)34-9-5-2-6-10-34;1-32(2)33(3,4)40-34(39-32)26-17-21-28(22-18-26)38-27-19-15-25(16-20-27)31-36-29(23-11-7-5-8-12-23)35-30(37-31)24-13-9-6-10-14-24;14-13-7-5-12(6-8-13)11-3-1-10(9-15)2-4-11/h1-26H;5-22H,1-4H3;1-8H. The van der Waals surface area contributed by atoms with Gasteiger partial charge < -0.3 is 18.8 Å². The average molecular weight is 1360 g/mol. The lowest BCUT2D eigenvalue weighted by Gasteiger charge is -2.32. The molecule has 0 spiro atoms. The Kier molecular flexibility index (Phi) is 20.2. The summed E-state index contributed by atoms with van der Waals surface area (Å²) in [6, 6.07) is 107. The van der Waals surface area contributed by atoms with E-state index in [0.29, 0.717) is 51.8 Å². The van der Waals surface area contributed by atoms with Gasteiger partial charge in [-0.2, -0.15) is 10.5 Å². The topological polar surface area (TPSA) is 162 Å². The van der Waals surface area contributed by atoms with Gasteiger partial charge in [-0.15, -0.1) is 0 Å². The molecule has 1 aliphatic rings. The van der Waals surface area contributed by atoms with E-state index in [1.807, 2.05) is 279 Å². The van der Waals surface area contributed by atoms with Crippen molar-refractivity contribution >= 4 is 28.5 Å². The zero-order valence-electron chi connectivity index (χ0n) is 55.2. The number of nitriles is 2. The molecule has 0 unspecified atom stereocenters. The molecule has 100 heavy (non-hydrogen) atoms. The minimum absolute atomic E-state index is 0.378. The van der Waals surface area contributed by atoms with Crippen molar-refractivity contribution < 1.29 is 18.8 Å². The van der Waals surface area contributed by atoms with Crippen LogP contribution in [0.3, 0.4) is 0 Å². The van der Waals surface area contributed by atoms with Gasteiger partial charge in [-0.25, -0.2) is 29.9 Å². The number of hydrogen-bond acceptors (Lipinski definition) is 12. The first-order valence-electron chi connectivity index (χ1n) is 32.5. The second-order valence-electron chi connectivity index (χ2n) is 24.5. The number of halogens is 1. The Labute approximate surface area is 590 Å². The number of nitrogens with zero attached hydrogens (tertiary/aromatic N) is 8. The van der Waals surface area contributed by atoms with Gasteiger partial charge in [0.2, 0.25) is 0 Å². The SMILES string of the molecule is CC1(C)OB(c2ccc(Oc3ccc(-c4nc(-c5ccccc5)nc(-c5ccccc5)n4)cc3)cc2)OC1(C)C.N#Cc1ccc(-c2ccc(-c3ccc(Oc4ccc(-c5nc(-c6ccccc6)nc(-c6ccccc6)n5)cc4)cc3)cc2)cc1.N#Cc1ccc(-c2ccc(Br)cc2)cc1. The lowest BCUT2D eigenvalue weighted by atomic mass is 9.79. The predicted octanol–water partition coefficient (Wildman–Crippen LogP) is 20.8. The Hall–Kier alpha value is -12.3. The fourth-order valence-corrected chi connectivity index (χ4v) is 11.1. The van der Waals surface area contributed by atoms with Gasteiger partial charge in [-0.3, -0.25) is 0 Å². The van der Waals surface area contributed by atoms with Crippen LogP contribution in [-0.4, -0.2) is 48.2 Å². The predicted molar refractivity (Wildman–Crippen MR) is 401 cm³/mol. The van der Waals surface area contributed by atoms with Crippen molar-refractivity contribution in [3.05, 3.63) is 331 Å². The zero-order chi connectivity index (χ0) is 68.8. The van der Waals surface area contributed by atoms with Crippen molar-refractivity contribution in [1.82, 2.24) is 29.9 Å². The summed E-state index contributed by atoms with van der Waals surface area (Å²) >= 11 is 3.40. The van der Waals surface area contributed by atoms with Gasteiger partial charge >= 0.3 is 7.12 Å². The van der Waals surface area contributed by atoms with Gasteiger partial charge in [0.1, 0.15) is 23.0 Å². The Morgan fingerprint density at radius 3 is 0.750 bits per heavy atom. The quantitative estimate of drug-likeness (QED) is 0.0949. The molecule has 15 rings (SSSR count). The van der Waals surface area contributed by atoms with Crippen LogP contribution >= 0.6 is 15.9 Å². The first-order valence-corrected chi connectivity index (χ1v) is 33.3. The van der Waals surface area contributed by atoms with Gasteiger partial charge in [0.15, 0.2) is 34.9 Å². The highest BCUT2D eigenvalue weighted by Crippen LogP contribution is 2.38. The van der Waals surface area contributed by atoms with Crippen molar-refractivity contribution in [3.63, 3.8) is 0 Å². The summed E-state index contributed by atoms with van der Waals surface area (Å²) in [5.74, 6) is 6.64. The molecule has 12 aromatic carbocycles. The first kappa shape index (κ1) is 66.3. The van der Waals surface area contributed by atoms with Crippen LogP contribution in [0.2, 0.25) is 0 Å². The number of rotatable bonds is 14. The third kappa shape index (κ3) is 16.2. The molecule has 1 saturated heterocycles. The lowest BCUT2D eigenvalue weighted by molar-refractivity contribution is 0.00578. The van der Waals surface area contributed by atoms with Crippen LogP contribution in [-0.2, 0) is 9.31 Å². The van der Waals surface area contributed by atoms with Crippen LogP contribution in [0.15, 0.2) is 320 Å². The van der Waals surface area contributed by atoms with E-state index in [1.54, 1.807) is 0 Å². The van der Waals surface area contributed by atoms with Crippen molar-refractivity contribution in [2.24, 2.45) is 0 Å². The smallest absolute Gasteiger partial charge is 0.457 e. The summed E-state index contributed by atoms with van der Waals surface area (Å²) in [6.45, 7) is 8.21. The van der Waals surface area contributed by atoms with Crippen LogP contribution in [0.4, 0.5) is 0 Å². The average Bonchev–Trinajstić information content (AvgIpc) is 1.62.